The van der Waals surface area contributed by atoms with Crippen LogP contribution in [0.1, 0.15) is 24.5 Å². The van der Waals surface area contributed by atoms with E-state index in [-0.39, 0.29) is 6.10 Å². The Hall–Kier alpha value is -1.02. The van der Waals surface area contributed by atoms with Gasteiger partial charge in [0.1, 0.15) is 0 Å². The lowest BCUT2D eigenvalue weighted by atomic mass is 10.0. The van der Waals surface area contributed by atoms with Gasteiger partial charge in [0.05, 0.1) is 6.10 Å². The fourth-order valence-electron chi connectivity index (χ4n) is 2.12. The Balaban J connectivity index is 2.11. The SMILES string of the molecule is CC(O)CCc1ccc2c(c1)N(C)CC2. The number of aliphatic hydroxyl groups is 1. The van der Waals surface area contributed by atoms with Crippen LogP contribution in [0.4, 0.5) is 5.69 Å². The highest BCUT2D eigenvalue weighted by Crippen LogP contribution is 2.27. The van der Waals surface area contributed by atoms with Crippen LogP contribution in [-0.4, -0.2) is 24.8 Å². The van der Waals surface area contributed by atoms with Gasteiger partial charge in [0.15, 0.2) is 0 Å². The predicted molar refractivity (Wildman–Crippen MR) is 63.4 cm³/mol. The van der Waals surface area contributed by atoms with Crippen molar-refractivity contribution in [2.24, 2.45) is 0 Å². The molecule has 0 radical (unpaired) electrons. The van der Waals surface area contributed by atoms with E-state index in [1.165, 1.54) is 23.2 Å². The molecule has 1 unspecified atom stereocenters. The Morgan fingerprint density at radius 1 is 1.47 bits per heavy atom. The van der Waals surface area contributed by atoms with E-state index in [0.29, 0.717) is 0 Å². The first-order valence-electron chi connectivity index (χ1n) is 5.68. The van der Waals surface area contributed by atoms with Gasteiger partial charge >= 0.3 is 0 Å². The van der Waals surface area contributed by atoms with E-state index in [2.05, 4.69) is 30.1 Å². The molecule has 1 atom stereocenters. The average molecular weight is 205 g/mol. The Morgan fingerprint density at radius 3 is 3.00 bits per heavy atom. The molecule has 0 aromatic heterocycles. The molecule has 1 aromatic carbocycles. The third kappa shape index (κ3) is 2.32. The zero-order valence-corrected chi connectivity index (χ0v) is 9.53. The van der Waals surface area contributed by atoms with Gasteiger partial charge in [0, 0.05) is 19.3 Å². The van der Waals surface area contributed by atoms with Gasteiger partial charge in [-0.1, -0.05) is 12.1 Å². The Kier molecular flexibility index (Phi) is 2.96. The number of likely N-dealkylation sites (N-methyl/N-ethyl adjacent to an activating group) is 1. The molecule has 15 heavy (non-hydrogen) atoms. The Morgan fingerprint density at radius 2 is 2.27 bits per heavy atom. The Labute approximate surface area is 91.5 Å². The monoisotopic (exact) mass is 205 g/mol. The van der Waals surface area contributed by atoms with E-state index in [4.69, 9.17) is 0 Å². The van der Waals surface area contributed by atoms with Crippen molar-refractivity contribution >= 4 is 5.69 Å². The van der Waals surface area contributed by atoms with Crippen molar-refractivity contribution in [1.82, 2.24) is 0 Å². The van der Waals surface area contributed by atoms with Crippen LogP contribution >= 0.6 is 0 Å². The number of rotatable bonds is 3. The van der Waals surface area contributed by atoms with E-state index < -0.39 is 0 Å². The summed E-state index contributed by atoms with van der Waals surface area (Å²) in [5.41, 5.74) is 4.17. The van der Waals surface area contributed by atoms with Crippen LogP contribution in [0.5, 0.6) is 0 Å². The first-order chi connectivity index (χ1) is 7.16. The third-order valence-electron chi connectivity index (χ3n) is 3.13. The summed E-state index contributed by atoms with van der Waals surface area (Å²) in [6.45, 7) is 2.98. The van der Waals surface area contributed by atoms with E-state index in [1.807, 2.05) is 6.92 Å². The molecule has 0 amide bonds. The number of aliphatic hydroxyl groups excluding tert-OH is 1. The number of anilines is 1. The van der Waals surface area contributed by atoms with Crippen molar-refractivity contribution in [3.05, 3.63) is 29.3 Å². The van der Waals surface area contributed by atoms with E-state index in [1.54, 1.807) is 0 Å². The highest BCUT2D eigenvalue weighted by molar-refractivity contribution is 5.58. The van der Waals surface area contributed by atoms with Gasteiger partial charge in [-0.25, -0.2) is 0 Å². The second-order valence-electron chi connectivity index (χ2n) is 4.52. The van der Waals surface area contributed by atoms with Crippen molar-refractivity contribution in [1.29, 1.82) is 0 Å². The first kappa shape index (κ1) is 10.5. The van der Waals surface area contributed by atoms with E-state index in [0.717, 1.165) is 19.4 Å². The highest BCUT2D eigenvalue weighted by atomic mass is 16.3. The molecule has 0 spiro atoms. The lowest BCUT2D eigenvalue weighted by Gasteiger charge is -2.13. The van der Waals surface area contributed by atoms with Crippen LogP contribution in [0.15, 0.2) is 18.2 Å². The van der Waals surface area contributed by atoms with Crippen molar-refractivity contribution in [3.63, 3.8) is 0 Å². The molecule has 1 aromatic rings. The van der Waals surface area contributed by atoms with Gasteiger partial charge in [-0.15, -0.1) is 0 Å². The normalized spacial score (nSPS) is 16.6. The van der Waals surface area contributed by atoms with Crippen LogP contribution in [0.3, 0.4) is 0 Å². The van der Waals surface area contributed by atoms with Gasteiger partial charge < -0.3 is 10.0 Å². The van der Waals surface area contributed by atoms with Gasteiger partial charge in [-0.2, -0.15) is 0 Å². The Bertz CT molecular complexity index is 346. The largest absolute Gasteiger partial charge is 0.393 e. The quantitative estimate of drug-likeness (QED) is 0.815. The molecule has 2 rings (SSSR count). The lowest BCUT2D eigenvalue weighted by Crippen LogP contribution is -2.12. The van der Waals surface area contributed by atoms with Gasteiger partial charge in [0.25, 0.3) is 0 Å². The summed E-state index contributed by atoms with van der Waals surface area (Å²) in [4.78, 5) is 2.31. The summed E-state index contributed by atoms with van der Waals surface area (Å²) < 4.78 is 0. The molecule has 1 N–H and O–H groups in total. The number of hydrogen-bond donors (Lipinski definition) is 1. The standard InChI is InChI=1S/C13H19NO/c1-10(15)3-4-11-5-6-12-7-8-14(2)13(12)9-11/h5-6,9-10,15H,3-4,7-8H2,1-2H3. The zero-order chi connectivity index (χ0) is 10.8. The van der Waals surface area contributed by atoms with Crippen molar-refractivity contribution < 1.29 is 5.11 Å². The van der Waals surface area contributed by atoms with E-state index in [9.17, 15) is 5.11 Å². The minimum absolute atomic E-state index is 0.198. The van der Waals surface area contributed by atoms with Crippen LogP contribution in [0, 0.1) is 0 Å². The lowest BCUT2D eigenvalue weighted by molar-refractivity contribution is 0.185. The molecule has 0 saturated carbocycles. The fourth-order valence-corrected chi connectivity index (χ4v) is 2.12. The molecule has 0 aliphatic carbocycles. The smallest absolute Gasteiger partial charge is 0.0515 e. The van der Waals surface area contributed by atoms with Crippen molar-refractivity contribution in [2.75, 3.05) is 18.5 Å². The number of hydrogen-bond acceptors (Lipinski definition) is 2. The molecular formula is C13H19NO. The minimum Gasteiger partial charge on any atom is -0.393 e. The van der Waals surface area contributed by atoms with Crippen LogP contribution in [-0.2, 0) is 12.8 Å². The summed E-state index contributed by atoms with van der Waals surface area (Å²) in [6, 6.07) is 6.70. The van der Waals surface area contributed by atoms with Crippen molar-refractivity contribution in [3.8, 4) is 0 Å². The second kappa shape index (κ2) is 4.23. The highest BCUT2D eigenvalue weighted by Gasteiger charge is 2.15. The number of aryl methyl sites for hydroxylation is 1. The van der Waals surface area contributed by atoms with Crippen LogP contribution < -0.4 is 4.90 Å². The topological polar surface area (TPSA) is 23.5 Å². The molecule has 0 saturated heterocycles. The summed E-state index contributed by atoms with van der Waals surface area (Å²) in [6.07, 6.45) is 2.79. The second-order valence-corrected chi connectivity index (χ2v) is 4.52. The summed E-state index contributed by atoms with van der Waals surface area (Å²) in [7, 11) is 2.14. The number of fused-ring (bicyclic) bond motifs is 1. The number of benzene rings is 1. The minimum atomic E-state index is -0.198. The molecule has 0 bridgehead atoms. The van der Waals surface area contributed by atoms with Gasteiger partial charge in [0.2, 0.25) is 0 Å². The van der Waals surface area contributed by atoms with Crippen molar-refractivity contribution in [2.45, 2.75) is 32.3 Å². The fraction of sp³-hybridized carbons (Fsp3) is 0.538. The predicted octanol–water partition coefficient (Wildman–Crippen LogP) is 1.99. The molecule has 2 nitrogen and oxygen atoms in total. The molecule has 82 valence electrons. The molecule has 0 fully saturated rings. The zero-order valence-electron chi connectivity index (χ0n) is 9.53. The first-order valence-corrected chi connectivity index (χ1v) is 5.68. The molecule has 1 aliphatic heterocycles. The van der Waals surface area contributed by atoms with Crippen LogP contribution in [0.2, 0.25) is 0 Å². The molecular weight excluding hydrogens is 186 g/mol. The van der Waals surface area contributed by atoms with Gasteiger partial charge in [-0.05, 0) is 43.4 Å². The van der Waals surface area contributed by atoms with Gasteiger partial charge in [-0.3, -0.25) is 0 Å². The van der Waals surface area contributed by atoms with Crippen LogP contribution in [0.25, 0.3) is 0 Å². The molecule has 1 heterocycles. The number of nitrogens with zero attached hydrogens (tertiary/aromatic N) is 1. The maximum atomic E-state index is 9.25. The average Bonchev–Trinajstić information content (AvgIpc) is 2.57. The summed E-state index contributed by atoms with van der Waals surface area (Å²) in [5.74, 6) is 0. The molecule has 2 heteroatoms. The maximum absolute atomic E-state index is 9.25. The summed E-state index contributed by atoms with van der Waals surface area (Å²) >= 11 is 0. The maximum Gasteiger partial charge on any atom is 0.0515 e. The summed E-state index contributed by atoms with van der Waals surface area (Å²) in [5, 5.41) is 9.25. The molecule has 1 aliphatic rings. The van der Waals surface area contributed by atoms with E-state index >= 15 is 0 Å². The third-order valence-corrected chi connectivity index (χ3v) is 3.13.